The minimum atomic E-state index is 0.773. The Bertz CT molecular complexity index is 802. The highest BCUT2D eigenvalue weighted by Crippen LogP contribution is 2.30. The van der Waals surface area contributed by atoms with Gasteiger partial charge in [0.05, 0.1) is 18.1 Å². The van der Waals surface area contributed by atoms with Crippen LogP contribution >= 0.6 is 11.3 Å². The van der Waals surface area contributed by atoms with Crippen LogP contribution in [0.2, 0.25) is 0 Å². The van der Waals surface area contributed by atoms with Crippen LogP contribution in [0.3, 0.4) is 0 Å². The molecule has 1 aliphatic rings. The molecule has 3 aromatic rings. The second kappa shape index (κ2) is 6.94. The maximum absolute atomic E-state index is 5.41. The standard InChI is InChI=1S/C17H17N5OS/c1-4-18-5-2-13(1)15-12-20-17(24-15)21-16-11-14(3-6-19-16)22-7-9-23-10-8-22/h1-6,11-12H,7-10H2,(H,19,20,21)/p+1. The molecule has 1 fully saturated rings. The predicted octanol–water partition coefficient (Wildman–Crippen LogP) is 2.60. The smallest absolute Gasteiger partial charge is 0.188 e. The number of hydrogen-bond donors (Lipinski definition) is 1. The van der Waals surface area contributed by atoms with Gasteiger partial charge in [-0.25, -0.2) is 15.0 Å². The lowest BCUT2D eigenvalue weighted by molar-refractivity contribution is -0.377. The molecule has 0 unspecified atom stereocenters. The zero-order valence-electron chi connectivity index (χ0n) is 13.1. The topological polar surface area (TPSA) is 64.4 Å². The van der Waals surface area contributed by atoms with Crippen molar-refractivity contribution in [3.8, 4) is 10.4 Å². The molecule has 1 saturated heterocycles. The SMILES string of the molecule is c1cc(N2CCOCC2)cc(Nc2ncc(-c3cc[nH+]cc3)s2)n1. The Morgan fingerprint density at radius 3 is 2.79 bits per heavy atom. The van der Waals surface area contributed by atoms with Crippen LogP contribution in [0.25, 0.3) is 10.4 Å². The first-order valence-electron chi connectivity index (χ1n) is 7.86. The second-order valence-electron chi connectivity index (χ2n) is 5.44. The maximum Gasteiger partial charge on any atom is 0.188 e. The van der Waals surface area contributed by atoms with Gasteiger partial charge in [-0.2, -0.15) is 0 Å². The molecule has 6 nitrogen and oxygen atoms in total. The van der Waals surface area contributed by atoms with Crippen LogP contribution in [0.5, 0.6) is 0 Å². The number of morpholine rings is 1. The molecule has 0 bridgehead atoms. The Hall–Kier alpha value is -2.51. The predicted molar refractivity (Wildman–Crippen MR) is 94.7 cm³/mol. The number of hydrogen-bond acceptors (Lipinski definition) is 6. The number of pyridine rings is 2. The summed E-state index contributed by atoms with van der Waals surface area (Å²) >= 11 is 1.61. The number of anilines is 3. The van der Waals surface area contributed by atoms with Crippen LogP contribution in [-0.4, -0.2) is 36.3 Å². The fourth-order valence-corrected chi connectivity index (χ4v) is 3.46. The van der Waals surface area contributed by atoms with Gasteiger partial charge >= 0.3 is 0 Å². The van der Waals surface area contributed by atoms with E-state index in [1.165, 1.54) is 0 Å². The Morgan fingerprint density at radius 1 is 1.12 bits per heavy atom. The zero-order valence-corrected chi connectivity index (χ0v) is 13.9. The van der Waals surface area contributed by atoms with E-state index in [0.717, 1.165) is 53.4 Å². The Morgan fingerprint density at radius 2 is 1.96 bits per heavy atom. The van der Waals surface area contributed by atoms with Crippen molar-refractivity contribution < 1.29 is 9.72 Å². The number of aromatic nitrogens is 3. The summed E-state index contributed by atoms with van der Waals surface area (Å²) in [6.07, 6.45) is 7.54. The number of ether oxygens (including phenoxy) is 1. The summed E-state index contributed by atoms with van der Waals surface area (Å²) in [7, 11) is 0. The third kappa shape index (κ3) is 3.37. The summed E-state index contributed by atoms with van der Waals surface area (Å²) in [4.78, 5) is 15.3. The van der Waals surface area contributed by atoms with Gasteiger partial charge in [-0.3, -0.25) is 0 Å². The molecule has 0 aromatic carbocycles. The fourth-order valence-electron chi connectivity index (χ4n) is 2.63. The van der Waals surface area contributed by atoms with E-state index in [1.54, 1.807) is 11.3 Å². The second-order valence-corrected chi connectivity index (χ2v) is 6.47. The molecule has 24 heavy (non-hydrogen) atoms. The van der Waals surface area contributed by atoms with E-state index in [1.807, 2.05) is 43.0 Å². The van der Waals surface area contributed by atoms with Crippen molar-refractivity contribution in [1.29, 1.82) is 0 Å². The molecule has 0 radical (unpaired) electrons. The molecule has 0 spiro atoms. The quantitative estimate of drug-likeness (QED) is 0.791. The highest BCUT2D eigenvalue weighted by Gasteiger charge is 2.12. The number of rotatable bonds is 4. The number of nitrogens with one attached hydrogen (secondary N) is 2. The summed E-state index contributed by atoms with van der Waals surface area (Å²) < 4.78 is 5.41. The molecule has 122 valence electrons. The molecule has 1 aliphatic heterocycles. The van der Waals surface area contributed by atoms with Gasteiger partial charge in [-0.05, 0) is 6.07 Å². The largest absolute Gasteiger partial charge is 0.378 e. The van der Waals surface area contributed by atoms with E-state index in [2.05, 4.69) is 31.2 Å². The van der Waals surface area contributed by atoms with Crippen molar-refractivity contribution in [2.75, 3.05) is 36.5 Å². The van der Waals surface area contributed by atoms with Crippen molar-refractivity contribution in [3.63, 3.8) is 0 Å². The molecule has 7 heteroatoms. The molecule has 0 aliphatic carbocycles. The lowest BCUT2D eigenvalue weighted by Gasteiger charge is -2.28. The van der Waals surface area contributed by atoms with Crippen molar-refractivity contribution in [3.05, 3.63) is 49.1 Å². The third-order valence-electron chi connectivity index (χ3n) is 3.86. The van der Waals surface area contributed by atoms with Crippen molar-refractivity contribution in [2.45, 2.75) is 0 Å². The monoisotopic (exact) mass is 340 g/mol. The lowest BCUT2D eigenvalue weighted by Crippen LogP contribution is -2.36. The van der Waals surface area contributed by atoms with E-state index in [4.69, 9.17) is 4.74 Å². The summed E-state index contributed by atoms with van der Waals surface area (Å²) in [6, 6.07) is 8.16. The first-order chi connectivity index (χ1) is 11.9. The molecule has 4 rings (SSSR count). The Kier molecular flexibility index (Phi) is 4.35. The molecule has 2 N–H and O–H groups in total. The Labute approximate surface area is 144 Å². The molecule has 0 saturated carbocycles. The third-order valence-corrected chi connectivity index (χ3v) is 4.83. The van der Waals surface area contributed by atoms with Crippen LogP contribution in [0.4, 0.5) is 16.6 Å². The van der Waals surface area contributed by atoms with Crippen LogP contribution < -0.4 is 15.2 Å². The zero-order chi connectivity index (χ0) is 16.2. The van der Waals surface area contributed by atoms with Crippen molar-refractivity contribution >= 4 is 28.0 Å². The summed E-state index contributed by atoms with van der Waals surface area (Å²) in [5, 5.41) is 4.14. The lowest BCUT2D eigenvalue weighted by atomic mass is 10.2. The Balaban J connectivity index is 1.50. The molecular weight excluding hydrogens is 322 g/mol. The number of nitrogens with zero attached hydrogens (tertiary/aromatic N) is 3. The van der Waals surface area contributed by atoms with E-state index >= 15 is 0 Å². The van der Waals surface area contributed by atoms with Gasteiger partial charge in [0.15, 0.2) is 17.5 Å². The minimum Gasteiger partial charge on any atom is -0.378 e. The normalized spacial score (nSPS) is 14.6. The van der Waals surface area contributed by atoms with E-state index in [-0.39, 0.29) is 0 Å². The highest BCUT2D eigenvalue weighted by molar-refractivity contribution is 7.18. The van der Waals surface area contributed by atoms with Gasteiger partial charge in [-0.15, -0.1) is 0 Å². The first kappa shape index (κ1) is 15.0. The number of H-pyrrole nitrogens is 1. The average molecular weight is 340 g/mol. The highest BCUT2D eigenvalue weighted by atomic mass is 32.1. The van der Waals surface area contributed by atoms with Gasteiger partial charge in [0.25, 0.3) is 0 Å². The van der Waals surface area contributed by atoms with Crippen LogP contribution in [-0.2, 0) is 4.74 Å². The van der Waals surface area contributed by atoms with Gasteiger partial charge in [-0.1, -0.05) is 11.3 Å². The van der Waals surface area contributed by atoms with Gasteiger partial charge in [0.2, 0.25) is 0 Å². The number of thiazole rings is 1. The minimum absolute atomic E-state index is 0.773. The molecule has 0 amide bonds. The molecule has 3 aromatic heterocycles. The van der Waals surface area contributed by atoms with Crippen molar-refractivity contribution in [1.82, 2.24) is 9.97 Å². The van der Waals surface area contributed by atoms with Crippen LogP contribution in [0.15, 0.2) is 49.1 Å². The van der Waals surface area contributed by atoms with Gasteiger partial charge < -0.3 is 15.0 Å². The summed E-state index contributed by atoms with van der Waals surface area (Å²) in [5.41, 5.74) is 2.31. The average Bonchev–Trinajstić information content (AvgIpc) is 3.12. The fraction of sp³-hybridized carbons (Fsp3) is 0.235. The first-order valence-corrected chi connectivity index (χ1v) is 8.68. The van der Waals surface area contributed by atoms with Crippen LogP contribution in [0.1, 0.15) is 0 Å². The van der Waals surface area contributed by atoms with E-state index in [0.29, 0.717) is 0 Å². The van der Waals surface area contributed by atoms with Gasteiger partial charge in [0, 0.05) is 54.9 Å². The molecule has 0 atom stereocenters. The molecule has 4 heterocycles. The summed E-state index contributed by atoms with van der Waals surface area (Å²) in [5.74, 6) is 0.807. The van der Waals surface area contributed by atoms with E-state index in [9.17, 15) is 0 Å². The molecular formula is C17H18N5OS+. The van der Waals surface area contributed by atoms with Crippen LogP contribution in [0, 0.1) is 0 Å². The summed E-state index contributed by atoms with van der Waals surface area (Å²) in [6.45, 7) is 3.37. The number of aromatic amines is 1. The van der Waals surface area contributed by atoms with Gasteiger partial charge in [0.1, 0.15) is 5.82 Å². The van der Waals surface area contributed by atoms with E-state index < -0.39 is 0 Å². The maximum atomic E-state index is 5.41. The van der Waals surface area contributed by atoms with Crippen molar-refractivity contribution in [2.24, 2.45) is 0 Å².